The number of hydrogen-bond acceptors (Lipinski definition) is 5. The topological polar surface area (TPSA) is 85.1 Å². The van der Waals surface area contributed by atoms with Crippen molar-refractivity contribution in [1.82, 2.24) is 4.98 Å². The number of nitro groups is 1. The van der Waals surface area contributed by atoms with Crippen molar-refractivity contribution in [1.29, 1.82) is 0 Å². The summed E-state index contributed by atoms with van der Waals surface area (Å²) in [5.74, 6) is 0.211. The van der Waals surface area contributed by atoms with Crippen LogP contribution >= 0.6 is 11.3 Å². The Morgan fingerprint density at radius 3 is 2.67 bits per heavy atom. The van der Waals surface area contributed by atoms with E-state index in [1.807, 2.05) is 19.9 Å². The van der Waals surface area contributed by atoms with E-state index in [1.54, 1.807) is 6.07 Å². The molecule has 128 valence electrons. The molecule has 0 radical (unpaired) electrons. The zero-order valence-corrected chi connectivity index (χ0v) is 14.7. The Morgan fingerprint density at radius 2 is 2.04 bits per heavy atom. The van der Waals surface area contributed by atoms with Crippen molar-refractivity contribution in [2.75, 3.05) is 5.32 Å². The highest BCUT2D eigenvalue weighted by Crippen LogP contribution is 2.36. The summed E-state index contributed by atoms with van der Waals surface area (Å²) in [5, 5.41) is 14.7. The standard InChI is InChI=1S/C17H21N3O3S/c1-10(2)12-8-13(20(22)23)15-14(9-12)24-17(18-15)19-16(21)11-6-4-3-5-7-11/h8-11H,3-7H2,1-2H3,(H,18,19,21). The average molecular weight is 347 g/mol. The van der Waals surface area contributed by atoms with Crippen molar-refractivity contribution in [2.45, 2.75) is 51.9 Å². The van der Waals surface area contributed by atoms with Crippen molar-refractivity contribution in [3.05, 3.63) is 27.8 Å². The highest BCUT2D eigenvalue weighted by atomic mass is 32.1. The molecule has 0 saturated heterocycles. The first kappa shape index (κ1) is 16.8. The Hall–Kier alpha value is -2.02. The molecule has 0 unspecified atom stereocenters. The maximum absolute atomic E-state index is 12.4. The summed E-state index contributed by atoms with van der Waals surface area (Å²) < 4.78 is 0.742. The van der Waals surface area contributed by atoms with Crippen LogP contribution in [0.5, 0.6) is 0 Å². The van der Waals surface area contributed by atoms with Crippen LogP contribution in [0.25, 0.3) is 10.2 Å². The number of rotatable bonds is 4. The van der Waals surface area contributed by atoms with Crippen molar-refractivity contribution in [3.8, 4) is 0 Å². The first-order chi connectivity index (χ1) is 11.5. The number of amides is 1. The summed E-state index contributed by atoms with van der Waals surface area (Å²) in [7, 11) is 0. The maximum atomic E-state index is 12.4. The summed E-state index contributed by atoms with van der Waals surface area (Å²) in [4.78, 5) is 27.6. The molecule has 7 heteroatoms. The van der Waals surface area contributed by atoms with E-state index in [9.17, 15) is 14.9 Å². The van der Waals surface area contributed by atoms with Gasteiger partial charge in [-0.25, -0.2) is 4.98 Å². The molecule has 1 amide bonds. The SMILES string of the molecule is CC(C)c1cc([N+](=O)[O-])c2nc(NC(=O)C3CCCCC3)sc2c1. The van der Waals surface area contributed by atoms with Gasteiger partial charge in [-0.15, -0.1) is 0 Å². The van der Waals surface area contributed by atoms with Crippen molar-refractivity contribution in [3.63, 3.8) is 0 Å². The number of carbonyl (C=O) groups is 1. The molecule has 2 aromatic rings. The van der Waals surface area contributed by atoms with E-state index >= 15 is 0 Å². The lowest BCUT2D eigenvalue weighted by Crippen LogP contribution is -2.24. The number of nitrogens with one attached hydrogen (secondary N) is 1. The third kappa shape index (κ3) is 3.40. The Kier molecular flexibility index (Phi) is 4.80. The number of carbonyl (C=O) groups excluding carboxylic acids is 1. The van der Waals surface area contributed by atoms with Gasteiger partial charge in [0, 0.05) is 12.0 Å². The fourth-order valence-electron chi connectivity index (χ4n) is 3.13. The highest BCUT2D eigenvalue weighted by Gasteiger charge is 2.24. The number of anilines is 1. The third-order valence-electron chi connectivity index (χ3n) is 4.57. The second-order valence-corrected chi connectivity index (χ2v) is 7.67. The highest BCUT2D eigenvalue weighted by molar-refractivity contribution is 7.22. The second-order valence-electron chi connectivity index (χ2n) is 6.64. The first-order valence-electron chi connectivity index (χ1n) is 8.35. The number of benzene rings is 1. The Balaban J connectivity index is 1.91. The number of hydrogen-bond donors (Lipinski definition) is 1. The van der Waals surface area contributed by atoms with Gasteiger partial charge in [-0.2, -0.15) is 0 Å². The lowest BCUT2D eigenvalue weighted by atomic mass is 9.89. The molecule has 3 rings (SSSR count). The van der Waals surface area contributed by atoms with Gasteiger partial charge in [-0.1, -0.05) is 44.4 Å². The fraction of sp³-hybridized carbons (Fsp3) is 0.529. The Morgan fingerprint density at radius 1 is 1.33 bits per heavy atom. The molecule has 0 atom stereocenters. The second kappa shape index (κ2) is 6.84. The lowest BCUT2D eigenvalue weighted by Gasteiger charge is -2.19. The van der Waals surface area contributed by atoms with E-state index in [1.165, 1.54) is 17.8 Å². The van der Waals surface area contributed by atoms with Crippen LogP contribution in [0.2, 0.25) is 0 Å². The van der Waals surface area contributed by atoms with E-state index in [4.69, 9.17) is 0 Å². The van der Waals surface area contributed by atoms with Crippen molar-refractivity contribution < 1.29 is 9.72 Å². The van der Waals surface area contributed by atoms with Gasteiger partial charge in [0.05, 0.1) is 9.62 Å². The van der Waals surface area contributed by atoms with Gasteiger partial charge in [-0.3, -0.25) is 14.9 Å². The van der Waals surface area contributed by atoms with Crippen LogP contribution < -0.4 is 5.32 Å². The zero-order valence-electron chi connectivity index (χ0n) is 13.9. The largest absolute Gasteiger partial charge is 0.302 e. The van der Waals surface area contributed by atoms with Gasteiger partial charge in [-0.05, 0) is 30.4 Å². The molecule has 1 aliphatic rings. The minimum Gasteiger partial charge on any atom is -0.302 e. The minimum absolute atomic E-state index is 0.00520. The molecule has 0 bridgehead atoms. The van der Waals surface area contributed by atoms with Crippen LogP contribution in [0.1, 0.15) is 57.4 Å². The van der Waals surface area contributed by atoms with Crippen molar-refractivity contribution in [2.24, 2.45) is 5.92 Å². The van der Waals surface area contributed by atoms with E-state index < -0.39 is 4.92 Å². The number of nitrogens with zero attached hydrogens (tertiary/aromatic N) is 2. The number of nitro benzene ring substituents is 1. The molecular weight excluding hydrogens is 326 g/mol. The zero-order chi connectivity index (χ0) is 17.3. The quantitative estimate of drug-likeness (QED) is 0.633. The summed E-state index contributed by atoms with van der Waals surface area (Å²) in [6.07, 6.45) is 5.18. The maximum Gasteiger partial charge on any atom is 0.296 e. The van der Waals surface area contributed by atoms with Crippen molar-refractivity contribution >= 4 is 38.3 Å². The Labute approximate surface area is 144 Å². The predicted molar refractivity (Wildman–Crippen MR) is 95.6 cm³/mol. The molecule has 24 heavy (non-hydrogen) atoms. The van der Waals surface area contributed by atoms with E-state index in [2.05, 4.69) is 10.3 Å². The molecule has 1 aromatic carbocycles. The smallest absolute Gasteiger partial charge is 0.296 e. The van der Waals surface area contributed by atoms with E-state index in [0.717, 1.165) is 35.9 Å². The molecule has 1 fully saturated rings. The molecular formula is C17H21N3O3S. The first-order valence-corrected chi connectivity index (χ1v) is 9.17. The predicted octanol–water partition coefficient (Wildman–Crippen LogP) is 4.85. The summed E-state index contributed by atoms with van der Waals surface area (Å²) in [5.41, 5.74) is 1.27. The molecule has 1 heterocycles. The molecule has 1 aliphatic carbocycles. The molecule has 1 saturated carbocycles. The number of fused-ring (bicyclic) bond motifs is 1. The molecule has 1 N–H and O–H groups in total. The van der Waals surface area contributed by atoms with Gasteiger partial charge in [0.1, 0.15) is 0 Å². The Bertz CT molecular complexity index is 779. The normalized spacial score (nSPS) is 15.8. The van der Waals surface area contributed by atoms with Crippen LogP contribution in [0.3, 0.4) is 0 Å². The summed E-state index contributed by atoms with van der Waals surface area (Å²) >= 11 is 1.31. The summed E-state index contributed by atoms with van der Waals surface area (Å²) in [6, 6.07) is 3.51. The third-order valence-corrected chi connectivity index (χ3v) is 5.48. The van der Waals surface area contributed by atoms with E-state index in [0.29, 0.717) is 10.6 Å². The van der Waals surface area contributed by atoms with E-state index in [-0.39, 0.29) is 23.4 Å². The van der Waals surface area contributed by atoms with Gasteiger partial charge < -0.3 is 5.32 Å². The van der Waals surface area contributed by atoms with Crippen LogP contribution in [0, 0.1) is 16.0 Å². The van der Waals surface area contributed by atoms with Gasteiger partial charge >= 0.3 is 0 Å². The average Bonchev–Trinajstić information content (AvgIpc) is 2.96. The van der Waals surface area contributed by atoms with Crippen LogP contribution in [0.4, 0.5) is 10.8 Å². The van der Waals surface area contributed by atoms with Crippen LogP contribution in [0.15, 0.2) is 12.1 Å². The van der Waals surface area contributed by atoms with Gasteiger partial charge in [0.2, 0.25) is 5.91 Å². The van der Waals surface area contributed by atoms with Crippen LogP contribution in [-0.2, 0) is 4.79 Å². The van der Waals surface area contributed by atoms with Crippen LogP contribution in [-0.4, -0.2) is 15.8 Å². The summed E-state index contributed by atoms with van der Waals surface area (Å²) in [6.45, 7) is 4.00. The fourth-order valence-corrected chi connectivity index (χ4v) is 4.07. The molecule has 1 aromatic heterocycles. The molecule has 0 aliphatic heterocycles. The lowest BCUT2D eigenvalue weighted by molar-refractivity contribution is -0.383. The number of thiazole rings is 1. The minimum atomic E-state index is -0.402. The monoisotopic (exact) mass is 347 g/mol. The van der Waals surface area contributed by atoms with Gasteiger partial charge in [0.15, 0.2) is 10.6 Å². The number of non-ortho nitro benzene ring substituents is 1. The molecule has 6 nitrogen and oxygen atoms in total. The van der Waals surface area contributed by atoms with Gasteiger partial charge in [0.25, 0.3) is 5.69 Å². The number of aromatic nitrogens is 1. The molecule has 0 spiro atoms.